The molecule has 160 valence electrons. The van der Waals surface area contributed by atoms with Gasteiger partial charge in [-0.2, -0.15) is 0 Å². The van der Waals surface area contributed by atoms with Gasteiger partial charge >= 0.3 is 0 Å². The molecule has 0 saturated carbocycles. The number of hydrogen-bond acceptors (Lipinski definition) is 6. The summed E-state index contributed by atoms with van der Waals surface area (Å²) in [6.45, 7) is 6.34. The maximum Gasteiger partial charge on any atom is 0.258 e. The molecule has 0 fully saturated rings. The van der Waals surface area contributed by atoms with Gasteiger partial charge in [0.05, 0.1) is 11.1 Å². The van der Waals surface area contributed by atoms with E-state index in [2.05, 4.69) is 16.8 Å². The number of amides is 1. The Hall–Kier alpha value is -3.13. The molecular weight excluding hydrogens is 391 g/mol. The molecule has 0 aliphatic carbocycles. The molecule has 1 N–H and O–H groups in total. The van der Waals surface area contributed by atoms with Crippen molar-refractivity contribution in [1.82, 2.24) is 9.80 Å². The van der Waals surface area contributed by atoms with Gasteiger partial charge in [-0.1, -0.05) is 13.0 Å². The van der Waals surface area contributed by atoms with Crippen LogP contribution in [0, 0.1) is 0 Å². The van der Waals surface area contributed by atoms with Gasteiger partial charge in [0.1, 0.15) is 18.1 Å². The molecule has 1 aliphatic heterocycles. The Kier molecular flexibility index (Phi) is 6.56. The van der Waals surface area contributed by atoms with Gasteiger partial charge in [-0.15, -0.1) is 0 Å². The summed E-state index contributed by atoms with van der Waals surface area (Å²) in [6.07, 6.45) is 0. The van der Waals surface area contributed by atoms with Crippen LogP contribution in [0.5, 0.6) is 17.2 Å². The highest BCUT2D eigenvalue weighted by atomic mass is 19.3. The number of likely N-dealkylation sites (N-methyl/N-ethyl adjacent to an activating group) is 1. The van der Waals surface area contributed by atoms with E-state index >= 15 is 0 Å². The third-order valence-electron chi connectivity index (χ3n) is 5.26. The van der Waals surface area contributed by atoms with E-state index in [-0.39, 0.29) is 11.1 Å². The predicted molar refractivity (Wildman–Crippen MR) is 109 cm³/mol. The minimum atomic E-state index is -0.475. The van der Waals surface area contributed by atoms with Crippen LogP contribution in [0.4, 0.5) is 4.53 Å². The maximum atomic E-state index is 13.0. The molecule has 2 aromatic rings. The Morgan fingerprint density at radius 1 is 1.17 bits per heavy atom. The fourth-order valence-electron chi connectivity index (χ4n) is 3.33. The van der Waals surface area contributed by atoms with Crippen molar-refractivity contribution < 1.29 is 28.9 Å². The van der Waals surface area contributed by atoms with Gasteiger partial charge in [-0.3, -0.25) is 14.5 Å². The number of nitrogens with zero attached hydrogens (tertiary/aromatic N) is 2. The maximum absolute atomic E-state index is 13.0. The van der Waals surface area contributed by atoms with Crippen LogP contribution in [0.1, 0.15) is 45.7 Å². The average molecular weight is 416 g/mol. The summed E-state index contributed by atoms with van der Waals surface area (Å²) in [4.78, 5) is 32.0. The second kappa shape index (κ2) is 9.13. The lowest BCUT2D eigenvalue weighted by Crippen LogP contribution is -2.25. The molecule has 3 rings (SSSR count). The van der Waals surface area contributed by atoms with Gasteiger partial charge in [0.2, 0.25) is 0 Å². The van der Waals surface area contributed by atoms with Crippen LogP contribution in [0.15, 0.2) is 30.3 Å². The number of phenols is 1. The summed E-state index contributed by atoms with van der Waals surface area (Å²) in [5.41, 5.74) is 1.76. The van der Waals surface area contributed by atoms with Crippen LogP contribution in [-0.4, -0.2) is 53.3 Å². The summed E-state index contributed by atoms with van der Waals surface area (Å²) >= 11 is 0. The summed E-state index contributed by atoms with van der Waals surface area (Å²) in [5.74, 6) is -1.06. The third-order valence-corrected chi connectivity index (χ3v) is 5.26. The fraction of sp³-hybridized carbons (Fsp3) is 0.364. The summed E-state index contributed by atoms with van der Waals surface area (Å²) in [5, 5.41) is 10.2. The number of hydrogen-bond donors (Lipinski definition) is 1. The molecule has 2 aromatic carbocycles. The molecule has 1 aliphatic rings. The lowest BCUT2D eigenvalue weighted by Gasteiger charge is -2.17. The molecule has 8 heteroatoms. The number of ether oxygens (including phenoxy) is 1. The number of rotatable bonds is 8. The molecule has 0 unspecified atom stereocenters. The SMILES string of the molecule is CCN(C)CCOc1ccc2c(c1)CN(C(=O)c1cc(C(C)=O)c(OF)cc1O)C2. The second-order valence-electron chi connectivity index (χ2n) is 7.33. The zero-order valence-corrected chi connectivity index (χ0v) is 17.3. The van der Waals surface area contributed by atoms with Gasteiger partial charge in [0.15, 0.2) is 11.5 Å². The van der Waals surface area contributed by atoms with E-state index in [4.69, 9.17) is 4.74 Å². The number of ketones is 1. The van der Waals surface area contributed by atoms with E-state index in [1.165, 1.54) is 6.92 Å². The highest BCUT2D eigenvalue weighted by Crippen LogP contribution is 2.33. The number of benzene rings is 2. The lowest BCUT2D eigenvalue weighted by atomic mass is 10.0. The summed E-state index contributed by atoms with van der Waals surface area (Å²) in [7, 11) is 2.02. The van der Waals surface area contributed by atoms with Crippen molar-refractivity contribution in [2.75, 3.05) is 26.7 Å². The van der Waals surface area contributed by atoms with E-state index < -0.39 is 23.2 Å². The molecule has 0 saturated heterocycles. The largest absolute Gasteiger partial charge is 0.507 e. The van der Waals surface area contributed by atoms with Gasteiger partial charge in [0.25, 0.3) is 5.91 Å². The van der Waals surface area contributed by atoms with Gasteiger partial charge < -0.3 is 19.6 Å². The van der Waals surface area contributed by atoms with E-state index in [0.29, 0.717) is 19.7 Å². The zero-order chi connectivity index (χ0) is 21.8. The predicted octanol–water partition coefficient (Wildman–Crippen LogP) is 3.34. The van der Waals surface area contributed by atoms with Crippen molar-refractivity contribution in [3.8, 4) is 17.2 Å². The molecule has 7 nitrogen and oxygen atoms in total. The van der Waals surface area contributed by atoms with E-state index in [1.807, 2.05) is 25.2 Å². The number of Topliss-reactive ketones (excluding diaryl/α,β-unsaturated/α-hetero) is 1. The van der Waals surface area contributed by atoms with Crippen molar-refractivity contribution in [1.29, 1.82) is 0 Å². The molecule has 0 aromatic heterocycles. The Morgan fingerprint density at radius 2 is 1.90 bits per heavy atom. The molecule has 0 radical (unpaired) electrons. The Morgan fingerprint density at radius 3 is 2.57 bits per heavy atom. The molecule has 0 atom stereocenters. The molecule has 0 bridgehead atoms. The second-order valence-corrected chi connectivity index (χ2v) is 7.33. The van der Waals surface area contributed by atoms with Crippen LogP contribution in [0.3, 0.4) is 0 Å². The number of halogens is 1. The first-order valence-electron chi connectivity index (χ1n) is 9.73. The molecule has 0 spiro atoms. The van der Waals surface area contributed by atoms with Gasteiger partial charge in [0, 0.05) is 30.2 Å². The topological polar surface area (TPSA) is 79.3 Å². The van der Waals surface area contributed by atoms with E-state index in [1.54, 1.807) is 4.90 Å². The fourth-order valence-corrected chi connectivity index (χ4v) is 3.33. The van der Waals surface area contributed by atoms with Crippen LogP contribution >= 0.6 is 0 Å². The minimum Gasteiger partial charge on any atom is -0.507 e. The van der Waals surface area contributed by atoms with Gasteiger partial charge in [-0.05, 0) is 49.8 Å². The normalized spacial score (nSPS) is 12.8. The minimum absolute atomic E-state index is 0.0760. The zero-order valence-electron chi connectivity index (χ0n) is 17.3. The van der Waals surface area contributed by atoms with Crippen LogP contribution < -0.4 is 9.68 Å². The third kappa shape index (κ3) is 4.54. The van der Waals surface area contributed by atoms with Crippen LogP contribution in [0.25, 0.3) is 0 Å². The number of fused-ring (bicyclic) bond motifs is 1. The first-order valence-corrected chi connectivity index (χ1v) is 9.73. The van der Waals surface area contributed by atoms with Crippen molar-refractivity contribution >= 4 is 11.7 Å². The number of carbonyl (C=O) groups excluding carboxylic acids is 2. The number of aromatic hydroxyl groups is 1. The molecule has 1 heterocycles. The monoisotopic (exact) mass is 416 g/mol. The lowest BCUT2D eigenvalue weighted by molar-refractivity contribution is -0.00728. The summed E-state index contributed by atoms with van der Waals surface area (Å²) in [6, 6.07) is 7.80. The Balaban J connectivity index is 1.74. The Bertz CT molecular complexity index is 963. The van der Waals surface area contributed by atoms with E-state index in [9.17, 15) is 19.2 Å². The number of carbonyl (C=O) groups is 2. The molecule has 30 heavy (non-hydrogen) atoms. The van der Waals surface area contributed by atoms with Crippen molar-refractivity contribution in [2.45, 2.75) is 26.9 Å². The highest BCUT2D eigenvalue weighted by Gasteiger charge is 2.28. The number of phenolic OH excluding ortho intramolecular Hbond substituents is 1. The van der Waals surface area contributed by atoms with Crippen molar-refractivity contribution in [3.05, 3.63) is 52.6 Å². The molecule has 1 amide bonds. The summed E-state index contributed by atoms with van der Waals surface area (Å²) < 4.78 is 18.5. The quantitative estimate of drug-likeness (QED) is 0.665. The standard InChI is InChI=1S/C22H25FN2O5/c1-4-24(3)7-8-29-17-6-5-15-12-25(13-16(15)9-17)22(28)19-10-18(14(2)26)21(30-23)11-20(19)27/h5-6,9-11,27H,4,7-8,12-13H2,1-3H3. The van der Waals surface area contributed by atoms with Crippen molar-refractivity contribution in [2.24, 2.45) is 0 Å². The van der Waals surface area contributed by atoms with Crippen LogP contribution in [0.2, 0.25) is 0 Å². The highest BCUT2D eigenvalue weighted by molar-refractivity contribution is 6.03. The first-order chi connectivity index (χ1) is 14.3. The van der Waals surface area contributed by atoms with Gasteiger partial charge in [-0.25, -0.2) is 0 Å². The van der Waals surface area contributed by atoms with Crippen LogP contribution in [-0.2, 0) is 13.1 Å². The smallest absolute Gasteiger partial charge is 0.258 e. The first kappa shape index (κ1) is 21.6. The van der Waals surface area contributed by atoms with Crippen molar-refractivity contribution in [3.63, 3.8) is 0 Å². The molecular formula is C22H25FN2O5. The average Bonchev–Trinajstić information content (AvgIpc) is 3.16. The Labute approximate surface area is 174 Å². The van der Waals surface area contributed by atoms with E-state index in [0.717, 1.165) is 42.1 Å².